The monoisotopic (exact) mass is 409 g/mol. The number of nitrogens with one attached hydrogen (secondary N) is 3. The van der Waals surface area contributed by atoms with Crippen molar-refractivity contribution in [3.8, 4) is 0 Å². The Morgan fingerprint density at radius 3 is 2.03 bits per heavy atom. The summed E-state index contributed by atoms with van der Waals surface area (Å²) < 4.78 is 27.5. The third-order valence-electron chi connectivity index (χ3n) is 4.39. The van der Waals surface area contributed by atoms with Gasteiger partial charge in [0.25, 0.3) is 5.91 Å². The molecule has 0 aliphatic carbocycles. The third-order valence-corrected chi connectivity index (χ3v) is 4.39. The van der Waals surface area contributed by atoms with Gasteiger partial charge in [-0.2, -0.15) is 0 Å². The normalized spacial score (nSPS) is 11.4. The van der Waals surface area contributed by atoms with Crippen molar-refractivity contribution in [2.75, 3.05) is 10.6 Å². The number of benzene rings is 3. The minimum absolute atomic E-state index is 0.0184. The van der Waals surface area contributed by atoms with Gasteiger partial charge in [0.05, 0.1) is 0 Å². The predicted octanol–water partition coefficient (Wildman–Crippen LogP) is 4.97. The molecule has 0 heterocycles. The molecule has 30 heavy (non-hydrogen) atoms. The van der Waals surface area contributed by atoms with Crippen molar-refractivity contribution in [1.82, 2.24) is 5.32 Å². The van der Waals surface area contributed by atoms with Gasteiger partial charge in [-0.25, -0.2) is 13.6 Å². The molecule has 0 aliphatic heterocycles. The first-order valence-corrected chi connectivity index (χ1v) is 9.39. The van der Waals surface area contributed by atoms with E-state index in [1.165, 1.54) is 18.2 Å². The summed E-state index contributed by atoms with van der Waals surface area (Å²) in [6, 6.07) is 18.1. The zero-order chi connectivity index (χ0) is 21.5. The van der Waals surface area contributed by atoms with Crippen LogP contribution in [0.5, 0.6) is 0 Å². The van der Waals surface area contributed by atoms with Gasteiger partial charge in [-0.15, -0.1) is 0 Å². The first-order chi connectivity index (χ1) is 14.4. The van der Waals surface area contributed by atoms with Gasteiger partial charge >= 0.3 is 6.03 Å². The molecule has 0 saturated heterocycles. The summed E-state index contributed by atoms with van der Waals surface area (Å²) in [7, 11) is 0. The molecule has 3 rings (SSSR count). The Morgan fingerprint density at radius 1 is 0.800 bits per heavy atom. The van der Waals surface area contributed by atoms with E-state index in [2.05, 4.69) is 16.0 Å². The van der Waals surface area contributed by atoms with Crippen LogP contribution in [0.4, 0.5) is 25.0 Å². The summed E-state index contributed by atoms with van der Waals surface area (Å²) in [5.41, 5.74) is 1.53. The number of carbonyl (C=O) groups excluding carboxylic acids is 2. The summed E-state index contributed by atoms with van der Waals surface area (Å²) in [6.45, 7) is 1.66. The molecule has 0 aliphatic rings. The lowest BCUT2D eigenvalue weighted by atomic mass is 10.1. The molecule has 0 bridgehead atoms. The number of rotatable bonds is 6. The van der Waals surface area contributed by atoms with Crippen molar-refractivity contribution in [2.24, 2.45) is 0 Å². The SMILES string of the molecule is CC(Cc1c(F)cccc1F)NC(=O)Nc1ccc(C(=O)Nc2ccccc2)cc1. The standard InChI is InChI=1S/C23H21F2N3O2/c1-15(14-19-20(24)8-5-9-21(19)25)26-23(30)28-18-12-10-16(11-13-18)22(29)27-17-6-3-2-4-7-17/h2-13,15H,14H2,1H3,(H,27,29)(H2,26,28,30). The van der Waals surface area contributed by atoms with E-state index in [-0.39, 0.29) is 17.9 Å². The molecule has 3 aromatic carbocycles. The smallest absolute Gasteiger partial charge is 0.319 e. The molecule has 154 valence electrons. The molecule has 0 saturated carbocycles. The van der Waals surface area contributed by atoms with Crippen LogP contribution in [0.2, 0.25) is 0 Å². The van der Waals surface area contributed by atoms with Crippen molar-refractivity contribution < 1.29 is 18.4 Å². The number of urea groups is 1. The highest BCUT2D eigenvalue weighted by Crippen LogP contribution is 2.15. The second-order valence-electron chi connectivity index (χ2n) is 6.80. The molecule has 0 spiro atoms. The van der Waals surface area contributed by atoms with E-state index in [9.17, 15) is 18.4 Å². The lowest BCUT2D eigenvalue weighted by molar-refractivity contribution is 0.102. The minimum Gasteiger partial charge on any atom is -0.335 e. The zero-order valence-corrected chi connectivity index (χ0v) is 16.3. The summed E-state index contributed by atoms with van der Waals surface area (Å²) >= 11 is 0. The zero-order valence-electron chi connectivity index (χ0n) is 16.3. The van der Waals surface area contributed by atoms with Gasteiger partial charge in [0.15, 0.2) is 0 Å². The van der Waals surface area contributed by atoms with E-state index in [1.807, 2.05) is 18.2 Å². The van der Waals surface area contributed by atoms with Crippen molar-refractivity contribution in [3.63, 3.8) is 0 Å². The Balaban J connectivity index is 1.53. The largest absolute Gasteiger partial charge is 0.335 e. The maximum Gasteiger partial charge on any atom is 0.319 e. The number of anilines is 2. The molecular weight excluding hydrogens is 388 g/mol. The topological polar surface area (TPSA) is 70.2 Å². The second kappa shape index (κ2) is 9.65. The Morgan fingerprint density at radius 2 is 1.40 bits per heavy atom. The average molecular weight is 409 g/mol. The van der Waals surface area contributed by atoms with Crippen LogP contribution in [-0.2, 0) is 6.42 Å². The van der Waals surface area contributed by atoms with Crippen LogP contribution < -0.4 is 16.0 Å². The van der Waals surface area contributed by atoms with Crippen molar-refractivity contribution >= 4 is 23.3 Å². The van der Waals surface area contributed by atoms with Crippen LogP contribution in [0.3, 0.4) is 0 Å². The van der Waals surface area contributed by atoms with E-state index >= 15 is 0 Å². The molecule has 3 amide bonds. The summed E-state index contributed by atoms with van der Waals surface area (Å²) in [5.74, 6) is -1.56. The third kappa shape index (κ3) is 5.64. The summed E-state index contributed by atoms with van der Waals surface area (Å²) in [6.07, 6.45) is 0.0184. The number of hydrogen-bond donors (Lipinski definition) is 3. The molecule has 3 aromatic rings. The number of halogens is 2. The summed E-state index contributed by atoms with van der Waals surface area (Å²) in [5, 5.41) is 8.05. The average Bonchev–Trinajstić information content (AvgIpc) is 2.72. The number of hydrogen-bond acceptors (Lipinski definition) is 2. The lowest BCUT2D eigenvalue weighted by Crippen LogP contribution is -2.37. The quantitative estimate of drug-likeness (QED) is 0.538. The highest BCUT2D eigenvalue weighted by molar-refractivity contribution is 6.04. The Kier molecular flexibility index (Phi) is 6.75. The van der Waals surface area contributed by atoms with Gasteiger partial charge in [-0.1, -0.05) is 24.3 Å². The fourth-order valence-corrected chi connectivity index (χ4v) is 2.91. The molecule has 5 nitrogen and oxygen atoms in total. The first-order valence-electron chi connectivity index (χ1n) is 9.39. The van der Waals surface area contributed by atoms with E-state index in [0.717, 1.165) is 0 Å². The Bertz CT molecular complexity index is 1000. The van der Waals surface area contributed by atoms with Gasteiger partial charge < -0.3 is 16.0 Å². The van der Waals surface area contributed by atoms with Gasteiger partial charge in [0.2, 0.25) is 0 Å². The molecule has 1 unspecified atom stereocenters. The van der Waals surface area contributed by atoms with Gasteiger partial charge in [0.1, 0.15) is 11.6 Å². The van der Waals surface area contributed by atoms with E-state index in [0.29, 0.717) is 16.9 Å². The van der Waals surface area contributed by atoms with Crippen LogP contribution in [-0.4, -0.2) is 18.0 Å². The summed E-state index contributed by atoms with van der Waals surface area (Å²) in [4.78, 5) is 24.4. The fraction of sp³-hybridized carbons (Fsp3) is 0.130. The molecular formula is C23H21F2N3O2. The van der Waals surface area contributed by atoms with E-state index in [4.69, 9.17) is 0 Å². The Hall–Kier alpha value is -3.74. The van der Waals surface area contributed by atoms with E-state index < -0.39 is 23.7 Å². The molecule has 0 fully saturated rings. The number of amides is 3. The molecule has 0 radical (unpaired) electrons. The van der Waals surface area contributed by atoms with Crippen LogP contribution in [0, 0.1) is 11.6 Å². The van der Waals surface area contributed by atoms with Gasteiger partial charge in [0, 0.05) is 28.5 Å². The van der Waals surface area contributed by atoms with Crippen LogP contribution in [0.15, 0.2) is 72.8 Å². The fourth-order valence-electron chi connectivity index (χ4n) is 2.91. The first kappa shape index (κ1) is 21.0. The second-order valence-corrected chi connectivity index (χ2v) is 6.80. The van der Waals surface area contributed by atoms with Gasteiger partial charge in [-0.05, 0) is 61.9 Å². The maximum absolute atomic E-state index is 13.7. The van der Waals surface area contributed by atoms with Crippen LogP contribution >= 0.6 is 0 Å². The van der Waals surface area contributed by atoms with E-state index in [1.54, 1.807) is 43.3 Å². The minimum atomic E-state index is -0.645. The number of para-hydroxylation sites is 1. The molecule has 0 aromatic heterocycles. The highest BCUT2D eigenvalue weighted by Gasteiger charge is 2.14. The van der Waals surface area contributed by atoms with Crippen molar-refractivity contribution in [3.05, 3.63) is 95.6 Å². The van der Waals surface area contributed by atoms with Gasteiger partial charge in [-0.3, -0.25) is 4.79 Å². The van der Waals surface area contributed by atoms with Crippen molar-refractivity contribution in [1.29, 1.82) is 0 Å². The van der Waals surface area contributed by atoms with Crippen LogP contribution in [0.25, 0.3) is 0 Å². The molecule has 3 N–H and O–H groups in total. The van der Waals surface area contributed by atoms with Crippen LogP contribution in [0.1, 0.15) is 22.8 Å². The lowest BCUT2D eigenvalue weighted by Gasteiger charge is -2.16. The maximum atomic E-state index is 13.7. The molecule has 1 atom stereocenters. The highest BCUT2D eigenvalue weighted by atomic mass is 19.1. The van der Waals surface area contributed by atoms with Crippen molar-refractivity contribution in [2.45, 2.75) is 19.4 Å². The predicted molar refractivity (Wildman–Crippen MR) is 113 cm³/mol. The molecule has 7 heteroatoms. The Labute approximate surface area is 173 Å². The number of carbonyl (C=O) groups is 2.